The molecule has 12 nitrogen and oxygen atoms in total. The van der Waals surface area contributed by atoms with Crippen LogP contribution in [0.5, 0.6) is 34.5 Å². The third kappa shape index (κ3) is 11.5. The summed E-state index contributed by atoms with van der Waals surface area (Å²) in [5, 5.41) is 69.8. The van der Waals surface area contributed by atoms with E-state index in [1.807, 2.05) is 182 Å². The Morgan fingerprint density at radius 1 is 0.179 bits per heavy atom. The van der Waals surface area contributed by atoms with Gasteiger partial charge in [-0.3, -0.25) is 30.0 Å². The quantitative estimate of drug-likeness (QED) is 0.0896. The van der Waals surface area contributed by atoms with Crippen molar-refractivity contribution in [2.75, 3.05) is 0 Å². The molecule has 9 aromatic carbocycles. The van der Waals surface area contributed by atoms with E-state index in [2.05, 4.69) is 0 Å². The highest BCUT2D eigenvalue weighted by Crippen LogP contribution is 2.42. The van der Waals surface area contributed by atoms with E-state index in [0.29, 0.717) is 0 Å². The predicted molar refractivity (Wildman–Crippen MR) is 310 cm³/mol. The Labute approximate surface area is 451 Å². The van der Waals surface area contributed by atoms with E-state index in [9.17, 15) is 30.6 Å². The van der Waals surface area contributed by atoms with Crippen LogP contribution in [0.15, 0.2) is 248 Å². The molecule has 6 atom stereocenters. The number of benzene rings is 9. The number of phenols is 6. The van der Waals surface area contributed by atoms with Crippen molar-refractivity contribution in [3.63, 3.8) is 0 Å². The zero-order valence-corrected chi connectivity index (χ0v) is 42.1. The van der Waals surface area contributed by atoms with Gasteiger partial charge in [0.1, 0.15) is 36.3 Å². The molecule has 0 saturated carbocycles. The van der Waals surface area contributed by atoms with Gasteiger partial charge in [0.25, 0.3) is 0 Å². The number of phenolic OH excluding ortho intramolecular Hbond substituents is 6. The van der Waals surface area contributed by atoms with Gasteiger partial charge in [-0.25, -0.2) is 0 Å². The second kappa shape index (κ2) is 24.0. The number of hydrogen-bond acceptors (Lipinski definition) is 12. The van der Waals surface area contributed by atoms with Gasteiger partial charge in [0.05, 0.1) is 0 Å². The van der Waals surface area contributed by atoms with Crippen molar-refractivity contribution in [2.45, 2.75) is 36.3 Å². The molecule has 6 N–H and O–H groups in total. The molecule has 0 aliphatic carbocycles. The summed E-state index contributed by atoms with van der Waals surface area (Å²) in [6.45, 7) is 0. The summed E-state index contributed by atoms with van der Waals surface area (Å²) < 4.78 is 0. The van der Waals surface area contributed by atoms with Crippen LogP contribution in [-0.2, 0) is 0 Å². The molecule has 6 aliphatic heterocycles. The van der Waals surface area contributed by atoms with Gasteiger partial charge in [-0.05, 0) is 69.8 Å². The molecule has 384 valence electrons. The van der Waals surface area contributed by atoms with Crippen LogP contribution in [0.1, 0.15) is 103 Å². The second-order valence-corrected chi connectivity index (χ2v) is 18.6. The zero-order valence-electron chi connectivity index (χ0n) is 42.1. The van der Waals surface area contributed by atoms with Gasteiger partial charge < -0.3 is 30.6 Å². The summed E-state index contributed by atoms with van der Waals surface area (Å²) in [6, 6.07) is 63.2. The van der Waals surface area contributed by atoms with Gasteiger partial charge in [0, 0.05) is 70.7 Å². The zero-order chi connectivity index (χ0) is 53.8. The van der Waals surface area contributed by atoms with Crippen molar-refractivity contribution < 1.29 is 30.6 Å². The maximum absolute atomic E-state index is 11.6. The third-order valence-corrected chi connectivity index (χ3v) is 13.6. The van der Waals surface area contributed by atoms with E-state index < -0.39 is 70.7 Å². The summed E-state index contributed by atoms with van der Waals surface area (Å²) in [5.74, 6) is -2.49. The third-order valence-electron chi connectivity index (χ3n) is 13.6. The lowest BCUT2D eigenvalue weighted by Gasteiger charge is -2.23. The van der Waals surface area contributed by atoms with Crippen LogP contribution in [0.4, 0.5) is 0 Å². The summed E-state index contributed by atoms with van der Waals surface area (Å²) in [6.07, 6.45) is 8.99. The first-order valence-electron chi connectivity index (χ1n) is 25.4. The molecule has 9 aromatic rings. The molecule has 6 heterocycles. The number of aromatic hydroxyl groups is 6. The van der Waals surface area contributed by atoms with Crippen molar-refractivity contribution in [3.05, 3.63) is 285 Å². The molecule has 0 unspecified atom stereocenters. The number of aliphatic imine (C=N–C) groups is 6. The van der Waals surface area contributed by atoms with Crippen LogP contribution in [0.2, 0.25) is 0 Å². The summed E-state index contributed by atoms with van der Waals surface area (Å²) in [7, 11) is 0. The molecule has 0 saturated heterocycles. The topological polar surface area (TPSA) is 196 Å². The highest BCUT2D eigenvalue weighted by molar-refractivity contribution is 5.94. The Balaban J connectivity index is 1.15. The number of nitrogens with zero attached hydrogens (tertiary/aromatic N) is 6. The second-order valence-electron chi connectivity index (χ2n) is 18.6. The predicted octanol–water partition coefficient (Wildman–Crippen LogP) is 13.3. The first-order valence-corrected chi connectivity index (χ1v) is 25.4. The first kappa shape index (κ1) is 51.3. The average Bonchev–Trinajstić information content (AvgIpc) is 3.49. The highest BCUT2D eigenvalue weighted by atomic mass is 16.3. The van der Waals surface area contributed by atoms with Crippen molar-refractivity contribution in [2.24, 2.45) is 30.0 Å². The first-order chi connectivity index (χ1) is 38.2. The lowest BCUT2D eigenvalue weighted by molar-refractivity contribution is 0.402. The van der Waals surface area contributed by atoms with E-state index in [4.69, 9.17) is 30.0 Å². The standard InChI is InChI=1S/C66H54N6O6/c73-61-49-31-32-51(63(61)75)39-69-57(45-23-11-3-12-24-45)58(46-25-13-4-14-26-46)71-41-53-35-36-54(66(78)65(53)77)42-72-60(48-29-17-6-18-30-48)59(47-27-15-5-16-28-47)70-40-52-34-33-50(62(74)64(52)76)38-68-56(44-21-9-2-10-22-44)55(67-37-49)43-19-7-1-8-20-43/h1-42,55-60,73-78H/t55-,56-,57-,58-,59-,60-/m1/s1. The summed E-state index contributed by atoms with van der Waals surface area (Å²) in [5.41, 5.74) is 6.20. The molecule has 0 amide bonds. The van der Waals surface area contributed by atoms with Crippen LogP contribution in [0, 0.1) is 0 Å². The van der Waals surface area contributed by atoms with Crippen molar-refractivity contribution in [1.82, 2.24) is 0 Å². The van der Waals surface area contributed by atoms with Gasteiger partial charge in [-0.1, -0.05) is 182 Å². The SMILES string of the molecule is Oc1c2ccc(c1O)C=N[C@H](c1ccccc1)[C@@H](c1ccccc1)N=Cc1ccc(c(O)c1O)C=N[C@H](c1ccccc1)[C@@H](c1ccccc1)N=Cc1ccc(c(O)c1O)C=N[C@H](c1ccccc1)[C@@H](c1ccccc1)N=C2. The molecule has 0 spiro atoms. The highest BCUT2D eigenvalue weighted by Gasteiger charge is 2.28. The van der Waals surface area contributed by atoms with Crippen molar-refractivity contribution in [3.8, 4) is 34.5 Å². The Morgan fingerprint density at radius 3 is 0.436 bits per heavy atom. The lowest BCUT2D eigenvalue weighted by atomic mass is 9.93. The molecule has 0 aromatic heterocycles. The molecular weight excluding hydrogens is 973 g/mol. The van der Waals surface area contributed by atoms with E-state index in [1.165, 1.54) is 37.3 Å². The number of rotatable bonds is 6. The molecule has 6 aliphatic rings. The van der Waals surface area contributed by atoms with Gasteiger partial charge in [-0.2, -0.15) is 0 Å². The Kier molecular flexibility index (Phi) is 15.8. The normalized spacial score (nSPS) is 18.8. The molecule has 78 heavy (non-hydrogen) atoms. The van der Waals surface area contributed by atoms with Gasteiger partial charge in [0.15, 0.2) is 34.5 Å². The van der Waals surface area contributed by atoms with Crippen LogP contribution < -0.4 is 0 Å². The maximum Gasteiger partial charge on any atom is 0.167 e. The van der Waals surface area contributed by atoms with Crippen LogP contribution in [-0.4, -0.2) is 67.9 Å². The Morgan fingerprint density at radius 2 is 0.308 bits per heavy atom. The minimum absolute atomic E-state index is 0.233. The minimum atomic E-state index is -0.684. The minimum Gasteiger partial charge on any atom is -0.504 e. The largest absolute Gasteiger partial charge is 0.504 e. The Bertz CT molecular complexity index is 3040. The fourth-order valence-corrected chi connectivity index (χ4v) is 9.42. The maximum atomic E-state index is 11.6. The molecule has 0 radical (unpaired) electrons. The monoisotopic (exact) mass is 1030 g/mol. The fourth-order valence-electron chi connectivity index (χ4n) is 9.42. The Hall–Kier alpha value is -10.2. The van der Waals surface area contributed by atoms with Crippen molar-refractivity contribution >= 4 is 37.3 Å². The fraction of sp³-hybridized carbons (Fsp3) is 0.0909. The van der Waals surface area contributed by atoms with Crippen LogP contribution in [0.3, 0.4) is 0 Å². The number of hydrogen-bond donors (Lipinski definition) is 6. The summed E-state index contributed by atoms with van der Waals surface area (Å²) >= 11 is 0. The summed E-state index contributed by atoms with van der Waals surface area (Å²) in [4.78, 5) is 30.3. The van der Waals surface area contributed by atoms with E-state index >= 15 is 0 Å². The van der Waals surface area contributed by atoms with Gasteiger partial charge >= 0.3 is 0 Å². The molecule has 12 heteroatoms. The van der Waals surface area contributed by atoms with E-state index in [0.717, 1.165) is 33.4 Å². The molecule has 6 bridgehead atoms. The van der Waals surface area contributed by atoms with Crippen LogP contribution >= 0.6 is 0 Å². The van der Waals surface area contributed by atoms with E-state index in [1.54, 1.807) is 36.4 Å². The van der Waals surface area contributed by atoms with Gasteiger partial charge in [-0.15, -0.1) is 0 Å². The lowest BCUT2D eigenvalue weighted by Crippen LogP contribution is -2.10. The van der Waals surface area contributed by atoms with Crippen molar-refractivity contribution in [1.29, 1.82) is 0 Å². The smallest absolute Gasteiger partial charge is 0.167 e. The average molecular weight is 1030 g/mol. The molecular formula is C66H54N6O6. The van der Waals surface area contributed by atoms with Gasteiger partial charge in [0.2, 0.25) is 0 Å². The molecule has 15 rings (SSSR count). The molecule has 0 fully saturated rings. The van der Waals surface area contributed by atoms with Crippen LogP contribution in [0.25, 0.3) is 0 Å². The van der Waals surface area contributed by atoms with E-state index in [-0.39, 0.29) is 33.4 Å².